The Morgan fingerprint density at radius 1 is 1.47 bits per heavy atom. The van der Waals surface area contributed by atoms with Gasteiger partial charge in [0, 0.05) is 31.2 Å². The summed E-state index contributed by atoms with van der Waals surface area (Å²) in [7, 11) is 0. The molecule has 1 aromatic rings. The Labute approximate surface area is 116 Å². The molecular weight excluding hydrogens is 240 g/mol. The van der Waals surface area contributed by atoms with Gasteiger partial charge in [0.05, 0.1) is 19.3 Å². The van der Waals surface area contributed by atoms with Crippen LogP contribution in [0.3, 0.4) is 0 Å². The van der Waals surface area contributed by atoms with Crippen LogP contribution in [0.25, 0.3) is 0 Å². The molecule has 1 aliphatic heterocycles. The van der Waals surface area contributed by atoms with Crippen LogP contribution in [0.2, 0.25) is 0 Å². The lowest BCUT2D eigenvalue weighted by molar-refractivity contribution is -0.0213. The number of hydrogen-bond donors (Lipinski definition) is 1. The zero-order valence-corrected chi connectivity index (χ0v) is 12.5. The molecule has 19 heavy (non-hydrogen) atoms. The minimum absolute atomic E-state index is 0.336. The van der Waals surface area contributed by atoms with Crippen molar-refractivity contribution in [1.82, 2.24) is 10.2 Å². The lowest BCUT2D eigenvalue weighted by Gasteiger charge is -2.30. The van der Waals surface area contributed by atoms with Crippen molar-refractivity contribution < 1.29 is 9.15 Å². The third-order valence-corrected chi connectivity index (χ3v) is 3.48. The summed E-state index contributed by atoms with van der Waals surface area (Å²) in [5.41, 5.74) is 1.30. The summed E-state index contributed by atoms with van der Waals surface area (Å²) in [6.45, 7) is 13.1. The summed E-state index contributed by atoms with van der Waals surface area (Å²) >= 11 is 0. The first-order valence-electron chi connectivity index (χ1n) is 7.20. The first-order chi connectivity index (χ1) is 9.04. The van der Waals surface area contributed by atoms with Crippen LogP contribution < -0.4 is 5.32 Å². The summed E-state index contributed by atoms with van der Waals surface area (Å²) in [4.78, 5) is 2.44. The van der Waals surface area contributed by atoms with Gasteiger partial charge in [-0.25, -0.2) is 0 Å². The van der Waals surface area contributed by atoms with E-state index in [1.54, 1.807) is 0 Å². The number of rotatable bonds is 5. The highest BCUT2D eigenvalue weighted by Crippen LogP contribution is 2.18. The fourth-order valence-corrected chi connectivity index (χ4v) is 2.41. The van der Waals surface area contributed by atoms with Crippen LogP contribution >= 0.6 is 0 Å². The highest BCUT2D eigenvalue weighted by Gasteiger charge is 2.18. The van der Waals surface area contributed by atoms with Crippen molar-refractivity contribution in [3.05, 3.63) is 23.2 Å². The van der Waals surface area contributed by atoms with Crippen molar-refractivity contribution in [1.29, 1.82) is 0 Å². The van der Waals surface area contributed by atoms with Gasteiger partial charge in [0.1, 0.15) is 11.5 Å². The number of nitrogens with zero attached hydrogens (tertiary/aromatic N) is 1. The quantitative estimate of drug-likeness (QED) is 0.887. The molecule has 1 saturated heterocycles. The minimum Gasteiger partial charge on any atom is -0.465 e. The van der Waals surface area contributed by atoms with Crippen molar-refractivity contribution in [3.63, 3.8) is 0 Å². The Morgan fingerprint density at radius 3 is 2.95 bits per heavy atom. The van der Waals surface area contributed by atoms with Crippen LogP contribution in [-0.4, -0.2) is 36.7 Å². The Bertz CT molecular complexity index is 401. The molecule has 0 saturated carbocycles. The van der Waals surface area contributed by atoms with Crippen LogP contribution in [0.15, 0.2) is 10.5 Å². The summed E-state index contributed by atoms with van der Waals surface area (Å²) in [6.07, 6.45) is 0.336. The molecule has 4 heteroatoms. The molecule has 1 unspecified atom stereocenters. The van der Waals surface area contributed by atoms with Crippen molar-refractivity contribution in [2.45, 2.75) is 52.9 Å². The minimum atomic E-state index is 0.336. The summed E-state index contributed by atoms with van der Waals surface area (Å²) in [6, 6.07) is 2.67. The summed E-state index contributed by atoms with van der Waals surface area (Å²) in [5, 5.41) is 3.39. The number of furan rings is 1. The molecule has 4 nitrogen and oxygen atoms in total. The Kier molecular flexibility index (Phi) is 5.02. The fraction of sp³-hybridized carbons (Fsp3) is 0.733. The topological polar surface area (TPSA) is 37.6 Å². The van der Waals surface area contributed by atoms with E-state index >= 15 is 0 Å². The lowest BCUT2D eigenvalue weighted by Crippen LogP contribution is -2.40. The number of ether oxygens (including phenoxy) is 1. The molecule has 108 valence electrons. The van der Waals surface area contributed by atoms with E-state index < -0.39 is 0 Å². The number of aryl methyl sites for hydroxylation is 1. The van der Waals surface area contributed by atoms with Gasteiger partial charge in [-0.15, -0.1) is 0 Å². The lowest BCUT2D eigenvalue weighted by atomic mass is 10.2. The monoisotopic (exact) mass is 266 g/mol. The molecule has 1 N–H and O–H groups in total. The van der Waals surface area contributed by atoms with Crippen molar-refractivity contribution in [3.8, 4) is 0 Å². The Hall–Kier alpha value is -0.840. The van der Waals surface area contributed by atoms with Gasteiger partial charge in [-0.05, 0) is 19.9 Å². The molecule has 1 atom stereocenters. The molecule has 0 spiro atoms. The molecule has 0 aliphatic carbocycles. The van der Waals surface area contributed by atoms with E-state index in [4.69, 9.17) is 9.15 Å². The van der Waals surface area contributed by atoms with E-state index in [9.17, 15) is 0 Å². The molecule has 0 bridgehead atoms. The largest absolute Gasteiger partial charge is 0.465 e. The third kappa shape index (κ3) is 4.34. The number of hydrogen-bond acceptors (Lipinski definition) is 4. The second kappa shape index (κ2) is 6.55. The Balaban J connectivity index is 1.92. The third-order valence-electron chi connectivity index (χ3n) is 3.48. The molecule has 0 amide bonds. The second-order valence-corrected chi connectivity index (χ2v) is 5.75. The van der Waals surface area contributed by atoms with Gasteiger partial charge in [-0.2, -0.15) is 0 Å². The van der Waals surface area contributed by atoms with Crippen LogP contribution in [0.1, 0.15) is 37.9 Å². The average Bonchev–Trinajstić information content (AvgIpc) is 2.68. The van der Waals surface area contributed by atoms with E-state index in [2.05, 4.69) is 44.0 Å². The molecule has 1 aromatic heterocycles. The first-order valence-corrected chi connectivity index (χ1v) is 7.20. The van der Waals surface area contributed by atoms with Crippen LogP contribution in [0.5, 0.6) is 0 Å². The van der Waals surface area contributed by atoms with Gasteiger partial charge < -0.3 is 14.5 Å². The smallest absolute Gasteiger partial charge is 0.118 e. The summed E-state index contributed by atoms with van der Waals surface area (Å²) in [5.74, 6) is 2.07. The van der Waals surface area contributed by atoms with E-state index in [0.29, 0.717) is 12.1 Å². The number of nitrogens with one attached hydrogen (secondary N) is 1. The summed E-state index contributed by atoms with van der Waals surface area (Å²) < 4.78 is 11.4. The molecule has 0 aromatic carbocycles. The second-order valence-electron chi connectivity index (χ2n) is 5.75. The van der Waals surface area contributed by atoms with Crippen LogP contribution in [0, 0.1) is 6.92 Å². The van der Waals surface area contributed by atoms with Gasteiger partial charge >= 0.3 is 0 Å². The van der Waals surface area contributed by atoms with E-state index in [1.807, 2.05) is 0 Å². The van der Waals surface area contributed by atoms with Gasteiger partial charge in [0.25, 0.3) is 0 Å². The zero-order chi connectivity index (χ0) is 13.8. The molecule has 0 radical (unpaired) electrons. The van der Waals surface area contributed by atoms with Crippen molar-refractivity contribution in [2.24, 2.45) is 0 Å². The molecule has 2 heterocycles. The van der Waals surface area contributed by atoms with Crippen LogP contribution in [-0.2, 0) is 17.8 Å². The van der Waals surface area contributed by atoms with Crippen molar-refractivity contribution >= 4 is 0 Å². The normalized spacial score (nSPS) is 21.2. The molecule has 1 fully saturated rings. The van der Waals surface area contributed by atoms with Gasteiger partial charge in [0.15, 0.2) is 0 Å². The van der Waals surface area contributed by atoms with E-state index in [1.165, 1.54) is 5.56 Å². The predicted molar refractivity (Wildman–Crippen MR) is 76.1 cm³/mol. The predicted octanol–water partition coefficient (Wildman–Crippen LogP) is 2.31. The molecule has 2 rings (SSSR count). The highest BCUT2D eigenvalue weighted by molar-refractivity contribution is 5.20. The molecular formula is C15H26N2O2. The van der Waals surface area contributed by atoms with Gasteiger partial charge in [0.2, 0.25) is 0 Å². The SMILES string of the molecule is Cc1oc(CNC(C)C)cc1CN1CCOC(C)C1. The maximum Gasteiger partial charge on any atom is 0.118 e. The van der Waals surface area contributed by atoms with E-state index in [0.717, 1.165) is 44.3 Å². The van der Waals surface area contributed by atoms with Crippen molar-refractivity contribution in [2.75, 3.05) is 19.7 Å². The van der Waals surface area contributed by atoms with Gasteiger partial charge in [-0.1, -0.05) is 13.8 Å². The fourth-order valence-electron chi connectivity index (χ4n) is 2.41. The first kappa shape index (κ1) is 14.6. The maximum absolute atomic E-state index is 5.81. The van der Waals surface area contributed by atoms with Crippen LogP contribution in [0.4, 0.5) is 0 Å². The Morgan fingerprint density at radius 2 is 2.26 bits per heavy atom. The standard InChI is InChI=1S/C15H26N2O2/c1-11(2)16-8-15-7-14(13(4)19-15)10-17-5-6-18-12(3)9-17/h7,11-12,16H,5-6,8-10H2,1-4H3. The van der Waals surface area contributed by atoms with E-state index in [-0.39, 0.29) is 0 Å². The number of morpholine rings is 1. The average molecular weight is 266 g/mol. The molecule has 1 aliphatic rings. The zero-order valence-electron chi connectivity index (χ0n) is 12.5. The maximum atomic E-state index is 5.81. The van der Waals surface area contributed by atoms with Gasteiger partial charge in [-0.3, -0.25) is 4.90 Å². The highest BCUT2D eigenvalue weighted by atomic mass is 16.5.